The molecule has 0 aromatic heterocycles. The Balaban J connectivity index is 3.00. The number of hydrogen-bond donors (Lipinski definition) is 0. The minimum atomic E-state index is -3.55. The van der Waals surface area contributed by atoms with Gasteiger partial charge in [-0.05, 0) is 38.5 Å². The van der Waals surface area contributed by atoms with Crippen LogP contribution < -0.4 is 4.18 Å². The second-order valence-corrected chi connectivity index (χ2v) is 8.71. The normalized spacial score (nSPS) is 12.3. The number of hydrogen-bond acceptors (Lipinski definition) is 4. The van der Waals surface area contributed by atoms with Gasteiger partial charge in [0, 0.05) is 18.0 Å². The Kier molecular flexibility index (Phi) is 6.22. The highest BCUT2D eigenvalue weighted by Gasteiger charge is 2.28. The molecule has 0 aliphatic heterocycles. The fourth-order valence-corrected chi connectivity index (χ4v) is 2.53. The SMILES string of the molecule is CCS(=O)(=O)Oc1cccc(CN(C(=O)C(C)(C)C)C(C)C)c1. The number of benzene rings is 1. The van der Waals surface area contributed by atoms with E-state index in [0.717, 1.165) is 5.56 Å². The fourth-order valence-electron chi connectivity index (χ4n) is 2.02. The van der Waals surface area contributed by atoms with E-state index in [2.05, 4.69) is 0 Å². The minimum Gasteiger partial charge on any atom is -0.382 e. The smallest absolute Gasteiger partial charge is 0.308 e. The molecule has 1 amide bonds. The zero-order chi connectivity index (χ0) is 17.8. The Hall–Kier alpha value is -1.56. The summed E-state index contributed by atoms with van der Waals surface area (Å²) in [5, 5.41) is 0. The maximum Gasteiger partial charge on any atom is 0.308 e. The molecule has 0 saturated carbocycles. The minimum absolute atomic E-state index is 0.0469. The molecule has 0 atom stereocenters. The Bertz CT molecular complexity index is 645. The van der Waals surface area contributed by atoms with Crippen LogP contribution in [0.4, 0.5) is 0 Å². The van der Waals surface area contributed by atoms with E-state index < -0.39 is 15.5 Å². The van der Waals surface area contributed by atoms with Crippen molar-refractivity contribution in [1.82, 2.24) is 4.90 Å². The highest BCUT2D eigenvalue weighted by Crippen LogP contribution is 2.23. The fraction of sp³-hybridized carbons (Fsp3) is 0.588. The third-order valence-corrected chi connectivity index (χ3v) is 4.51. The lowest BCUT2D eigenvalue weighted by Crippen LogP contribution is -2.43. The molecule has 0 unspecified atom stereocenters. The van der Waals surface area contributed by atoms with Crippen LogP contribution in [0.15, 0.2) is 24.3 Å². The summed E-state index contributed by atoms with van der Waals surface area (Å²) in [5.74, 6) is 0.244. The molecule has 130 valence electrons. The van der Waals surface area contributed by atoms with Crippen molar-refractivity contribution in [1.29, 1.82) is 0 Å². The van der Waals surface area contributed by atoms with Crippen LogP contribution in [0.25, 0.3) is 0 Å². The van der Waals surface area contributed by atoms with E-state index in [-0.39, 0.29) is 23.5 Å². The van der Waals surface area contributed by atoms with Gasteiger partial charge in [-0.3, -0.25) is 4.79 Å². The van der Waals surface area contributed by atoms with Crippen molar-refractivity contribution < 1.29 is 17.4 Å². The lowest BCUT2D eigenvalue weighted by molar-refractivity contribution is -0.142. The van der Waals surface area contributed by atoms with Crippen molar-refractivity contribution >= 4 is 16.0 Å². The van der Waals surface area contributed by atoms with E-state index >= 15 is 0 Å². The molecule has 0 saturated heterocycles. The van der Waals surface area contributed by atoms with Crippen LogP contribution in [0.1, 0.15) is 47.1 Å². The lowest BCUT2D eigenvalue weighted by atomic mass is 9.93. The van der Waals surface area contributed by atoms with Crippen molar-refractivity contribution in [2.24, 2.45) is 5.41 Å². The van der Waals surface area contributed by atoms with Crippen LogP contribution in [0.2, 0.25) is 0 Å². The second-order valence-electron chi connectivity index (χ2n) is 6.85. The molecule has 23 heavy (non-hydrogen) atoms. The number of rotatable bonds is 6. The summed E-state index contributed by atoms with van der Waals surface area (Å²) >= 11 is 0. The van der Waals surface area contributed by atoms with Gasteiger partial charge in [-0.2, -0.15) is 8.42 Å². The predicted molar refractivity (Wildman–Crippen MR) is 91.7 cm³/mol. The van der Waals surface area contributed by atoms with Gasteiger partial charge < -0.3 is 9.08 Å². The van der Waals surface area contributed by atoms with Crippen LogP contribution in [-0.2, 0) is 21.5 Å². The summed E-state index contributed by atoms with van der Waals surface area (Å²) in [6, 6.07) is 6.90. The number of carbonyl (C=O) groups excluding carboxylic acids is 1. The Morgan fingerprint density at radius 1 is 1.26 bits per heavy atom. The van der Waals surface area contributed by atoms with E-state index in [9.17, 15) is 13.2 Å². The first-order valence-electron chi connectivity index (χ1n) is 7.78. The molecule has 6 heteroatoms. The van der Waals surface area contributed by atoms with E-state index in [4.69, 9.17) is 4.18 Å². The monoisotopic (exact) mass is 341 g/mol. The quantitative estimate of drug-likeness (QED) is 0.745. The molecular weight excluding hydrogens is 314 g/mol. The Morgan fingerprint density at radius 3 is 2.35 bits per heavy atom. The molecule has 5 nitrogen and oxygen atoms in total. The summed E-state index contributed by atoms with van der Waals surface area (Å²) < 4.78 is 28.2. The van der Waals surface area contributed by atoms with E-state index in [0.29, 0.717) is 6.54 Å². The lowest BCUT2D eigenvalue weighted by Gasteiger charge is -2.33. The van der Waals surface area contributed by atoms with Crippen LogP contribution in [0.5, 0.6) is 5.75 Å². The summed E-state index contributed by atoms with van der Waals surface area (Å²) in [4.78, 5) is 14.4. The standard InChI is InChI=1S/C17H27NO4S/c1-7-23(20,21)22-15-10-8-9-14(11-15)12-18(13(2)3)16(19)17(4,5)6/h8-11,13H,7,12H2,1-6H3. The van der Waals surface area contributed by atoms with Gasteiger partial charge in [-0.1, -0.05) is 32.9 Å². The second kappa shape index (κ2) is 7.34. The van der Waals surface area contributed by atoms with Gasteiger partial charge in [-0.25, -0.2) is 0 Å². The molecule has 0 bridgehead atoms. The van der Waals surface area contributed by atoms with E-state index in [1.165, 1.54) is 6.92 Å². The molecule has 0 aliphatic rings. The van der Waals surface area contributed by atoms with Crippen molar-refractivity contribution in [3.63, 3.8) is 0 Å². The van der Waals surface area contributed by atoms with Gasteiger partial charge in [-0.15, -0.1) is 0 Å². The third-order valence-electron chi connectivity index (χ3n) is 3.35. The highest BCUT2D eigenvalue weighted by molar-refractivity contribution is 7.87. The first-order chi connectivity index (χ1) is 10.5. The molecule has 0 radical (unpaired) electrons. The van der Waals surface area contributed by atoms with Crippen molar-refractivity contribution in [3.05, 3.63) is 29.8 Å². The summed E-state index contributed by atoms with van der Waals surface area (Å²) in [5.41, 5.74) is 0.365. The third kappa shape index (κ3) is 5.86. The summed E-state index contributed by atoms with van der Waals surface area (Å²) in [7, 11) is -3.55. The van der Waals surface area contributed by atoms with Gasteiger partial charge in [0.1, 0.15) is 5.75 Å². The summed E-state index contributed by atoms with van der Waals surface area (Å²) in [6.45, 7) is 11.5. The van der Waals surface area contributed by atoms with Gasteiger partial charge in [0.25, 0.3) is 0 Å². The molecule has 1 rings (SSSR count). The van der Waals surface area contributed by atoms with Crippen LogP contribution >= 0.6 is 0 Å². The van der Waals surface area contributed by atoms with Crippen LogP contribution in [0.3, 0.4) is 0 Å². The van der Waals surface area contributed by atoms with Crippen LogP contribution in [0, 0.1) is 5.41 Å². The van der Waals surface area contributed by atoms with Crippen LogP contribution in [-0.4, -0.2) is 31.0 Å². The van der Waals surface area contributed by atoms with E-state index in [1.54, 1.807) is 23.1 Å². The number of nitrogens with zero attached hydrogens (tertiary/aromatic N) is 1. The van der Waals surface area contributed by atoms with Crippen molar-refractivity contribution in [2.75, 3.05) is 5.75 Å². The van der Waals surface area contributed by atoms with E-state index in [1.807, 2.05) is 40.7 Å². The molecule has 0 aliphatic carbocycles. The van der Waals surface area contributed by atoms with Gasteiger partial charge in [0.2, 0.25) is 5.91 Å². The average molecular weight is 341 g/mol. The van der Waals surface area contributed by atoms with Gasteiger partial charge in [0.15, 0.2) is 0 Å². The maximum absolute atomic E-state index is 12.6. The molecule has 0 fully saturated rings. The van der Waals surface area contributed by atoms with Gasteiger partial charge >= 0.3 is 10.1 Å². The number of carbonyl (C=O) groups is 1. The van der Waals surface area contributed by atoms with Gasteiger partial charge in [0.05, 0.1) is 5.75 Å². The molecular formula is C17H27NO4S. The zero-order valence-electron chi connectivity index (χ0n) is 14.8. The molecule has 0 N–H and O–H groups in total. The molecule has 0 heterocycles. The van der Waals surface area contributed by atoms with Crippen molar-refractivity contribution in [2.45, 2.75) is 54.1 Å². The Morgan fingerprint density at radius 2 is 1.87 bits per heavy atom. The summed E-state index contributed by atoms with van der Waals surface area (Å²) in [6.07, 6.45) is 0. The highest BCUT2D eigenvalue weighted by atomic mass is 32.2. The number of amides is 1. The molecule has 0 spiro atoms. The topological polar surface area (TPSA) is 63.7 Å². The predicted octanol–water partition coefficient (Wildman–Crippen LogP) is 3.20. The molecule has 1 aromatic carbocycles. The van der Waals surface area contributed by atoms with Crippen molar-refractivity contribution in [3.8, 4) is 5.75 Å². The average Bonchev–Trinajstić information content (AvgIpc) is 2.42. The Labute approximate surface area is 139 Å². The maximum atomic E-state index is 12.6. The first-order valence-corrected chi connectivity index (χ1v) is 9.36. The largest absolute Gasteiger partial charge is 0.382 e. The zero-order valence-corrected chi connectivity index (χ0v) is 15.6. The molecule has 1 aromatic rings. The first kappa shape index (κ1) is 19.5.